The zero-order chi connectivity index (χ0) is 18.6. The number of carbonyl (C=O) groups is 1. The highest BCUT2D eigenvalue weighted by atomic mass is 32.2. The van der Waals surface area contributed by atoms with Crippen molar-refractivity contribution in [3.8, 4) is 0 Å². The summed E-state index contributed by atoms with van der Waals surface area (Å²) in [4.78, 5) is 13.9. The number of amides is 1. The third kappa shape index (κ3) is 4.93. The summed E-state index contributed by atoms with van der Waals surface area (Å²) in [5.74, 6) is 0.527. The van der Waals surface area contributed by atoms with E-state index in [-0.39, 0.29) is 23.8 Å². The summed E-state index contributed by atoms with van der Waals surface area (Å²) in [5.41, 5.74) is 2.42. The van der Waals surface area contributed by atoms with Crippen molar-refractivity contribution >= 4 is 15.9 Å². The average molecular weight is 364 g/mol. The minimum Gasteiger partial charge on any atom is -0.467 e. The summed E-state index contributed by atoms with van der Waals surface area (Å²) in [6.07, 6.45) is 1.63. The molecule has 25 heavy (non-hydrogen) atoms. The van der Waals surface area contributed by atoms with Crippen LogP contribution in [-0.4, -0.2) is 32.8 Å². The Hall–Kier alpha value is -2.12. The van der Waals surface area contributed by atoms with E-state index in [1.807, 2.05) is 19.1 Å². The summed E-state index contributed by atoms with van der Waals surface area (Å²) in [6.45, 7) is 5.89. The monoisotopic (exact) mass is 364 g/mol. The van der Waals surface area contributed by atoms with Gasteiger partial charge in [-0.1, -0.05) is 17.7 Å². The van der Waals surface area contributed by atoms with E-state index < -0.39 is 10.0 Å². The minimum atomic E-state index is -3.65. The summed E-state index contributed by atoms with van der Waals surface area (Å²) >= 11 is 0. The van der Waals surface area contributed by atoms with Crippen molar-refractivity contribution in [3.63, 3.8) is 0 Å². The second-order valence-electron chi connectivity index (χ2n) is 6.20. The Kier molecular flexibility index (Phi) is 6.02. The highest BCUT2D eigenvalue weighted by Crippen LogP contribution is 2.21. The number of furan rings is 1. The molecule has 2 rings (SSSR count). The first kappa shape index (κ1) is 19.2. The second kappa shape index (κ2) is 7.84. The maximum atomic E-state index is 12.5. The number of nitrogens with one attached hydrogen (secondary N) is 1. The van der Waals surface area contributed by atoms with Gasteiger partial charge in [-0.25, -0.2) is 13.1 Å². The van der Waals surface area contributed by atoms with Crippen LogP contribution in [0.3, 0.4) is 0 Å². The minimum absolute atomic E-state index is 0.0520. The number of hydrogen-bond acceptors (Lipinski definition) is 4. The van der Waals surface area contributed by atoms with Crippen molar-refractivity contribution in [2.75, 3.05) is 13.6 Å². The molecule has 1 aromatic carbocycles. The van der Waals surface area contributed by atoms with Gasteiger partial charge in [0.05, 0.1) is 17.7 Å². The summed E-state index contributed by atoms with van der Waals surface area (Å²) in [5, 5.41) is 0. The zero-order valence-corrected chi connectivity index (χ0v) is 15.8. The standard InChI is InChI=1S/C18H24N2O4S/c1-13-10-14(2)18(15(3)11-13)25(22,23)19-8-7-17(21)20(4)12-16-6-5-9-24-16/h5-6,9-11,19H,7-8,12H2,1-4H3. The van der Waals surface area contributed by atoms with Crippen LogP contribution in [0.15, 0.2) is 39.8 Å². The Bertz CT molecular complexity index is 819. The molecule has 0 atom stereocenters. The van der Waals surface area contributed by atoms with Gasteiger partial charge in [0.15, 0.2) is 0 Å². The zero-order valence-electron chi connectivity index (χ0n) is 15.0. The molecule has 1 amide bonds. The molecule has 0 saturated heterocycles. The number of benzene rings is 1. The van der Waals surface area contributed by atoms with Gasteiger partial charge in [0, 0.05) is 20.0 Å². The van der Waals surface area contributed by atoms with Gasteiger partial charge < -0.3 is 9.32 Å². The van der Waals surface area contributed by atoms with Gasteiger partial charge in [-0.2, -0.15) is 0 Å². The van der Waals surface area contributed by atoms with Gasteiger partial charge in [0.25, 0.3) is 0 Å². The SMILES string of the molecule is Cc1cc(C)c(S(=O)(=O)NCCC(=O)N(C)Cc2ccco2)c(C)c1. The normalized spacial score (nSPS) is 11.5. The van der Waals surface area contributed by atoms with E-state index in [1.165, 1.54) is 4.90 Å². The molecule has 1 aromatic heterocycles. The van der Waals surface area contributed by atoms with E-state index in [1.54, 1.807) is 39.3 Å². The van der Waals surface area contributed by atoms with E-state index in [4.69, 9.17) is 4.42 Å². The van der Waals surface area contributed by atoms with E-state index in [9.17, 15) is 13.2 Å². The average Bonchev–Trinajstić information content (AvgIpc) is 2.98. The van der Waals surface area contributed by atoms with Crippen molar-refractivity contribution in [1.29, 1.82) is 0 Å². The van der Waals surface area contributed by atoms with E-state index in [2.05, 4.69) is 4.72 Å². The lowest BCUT2D eigenvalue weighted by Crippen LogP contribution is -2.32. The molecule has 0 aliphatic carbocycles. The van der Waals surface area contributed by atoms with Crippen LogP contribution in [0.25, 0.3) is 0 Å². The van der Waals surface area contributed by atoms with Crippen LogP contribution < -0.4 is 4.72 Å². The molecular formula is C18H24N2O4S. The number of carbonyl (C=O) groups excluding carboxylic acids is 1. The molecule has 6 nitrogen and oxygen atoms in total. The summed E-state index contributed by atoms with van der Waals surface area (Å²) in [7, 11) is -1.99. The lowest BCUT2D eigenvalue weighted by atomic mass is 10.1. The third-order valence-corrected chi connectivity index (χ3v) is 5.67. The molecule has 0 unspecified atom stereocenters. The van der Waals surface area contributed by atoms with E-state index >= 15 is 0 Å². The van der Waals surface area contributed by atoms with Crippen LogP contribution in [0.2, 0.25) is 0 Å². The number of rotatable bonds is 7. The molecule has 0 aliphatic heterocycles. The molecular weight excluding hydrogens is 340 g/mol. The Morgan fingerprint density at radius 1 is 1.20 bits per heavy atom. The van der Waals surface area contributed by atoms with Gasteiger partial charge in [0.2, 0.25) is 15.9 Å². The molecule has 0 bridgehead atoms. The van der Waals surface area contributed by atoms with E-state index in [0.29, 0.717) is 23.4 Å². The predicted molar refractivity (Wildman–Crippen MR) is 95.6 cm³/mol. The Balaban J connectivity index is 1.95. The van der Waals surface area contributed by atoms with Gasteiger partial charge in [0.1, 0.15) is 5.76 Å². The largest absolute Gasteiger partial charge is 0.467 e. The van der Waals surface area contributed by atoms with Gasteiger partial charge in [-0.3, -0.25) is 4.79 Å². The van der Waals surface area contributed by atoms with Crippen LogP contribution in [-0.2, 0) is 21.4 Å². The molecule has 0 spiro atoms. The molecule has 1 N–H and O–H groups in total. The fourth-order valence-corrected chi connectivity index (χ4v) is 4.35. The van der Waals surface area contributed by atoms with Crippen LogP contribution in [0.5, 0.6) is 0 Å². The van der Waals surface area contributed by atoms with Gasteiger partial charge in [-0.15, -0.1) is 0 Å². The number of hydrogen-bond donors (Lipinski definition) is 1. The van der Waals surface area contributed by atoms with E-state index in [0.717, 1.165) is 5.56 Å². The number of aryl methyl sites for hydroxylation is 3. The number of nitrogens with zero attached hydrogens (tertiary/aromatic N) is 1. The molecule has 0 fully saturated rings. The van der Waals surface area contributed by atoms with Crippen LogP contribution in [0.4, 0.5) is 0 Å². The Labute approximate surface area is 148 Å². The lowest BCUT2D eigenvalue weighted by molar-refractivity contribution is -0.130. The van der Waals surface area contributed by atoms with Crippen molar-refractivity contribution in [3.05, 3.63) is 53.0 Å². The first-order chi connectivity index (χ1) is 11.7. The van der Waals surface area contributed by atoms with Crippen LogP contribution >= 0.6 is 0 Å². The molecule has 1 heterocycles. The fraction of sp³-hybridized carbons (Fsp3) is 0.389. The van der Waals surface area contributed by atoms with Crippen LogP contribution in [0.1, 0.15) is 28.9 Å². The molecule has 2 aromatic rings. The highest BCUT2D eigenvalue weighted by molar-refractivity contribution is 7.89. The van der Waals surface area contributed by atoms with Crippen molar-refractivity contribution in [2.45, 2.75) is 38.6 Å². The summed E-state index contributed by atoms with van der Waals surface area (Å²) < 4.78 is 32.8. The van der Waals surface area contributed by atoms with Crippen molar-refractivity contribution in [1.82, 2.24) is 9.62 Å². The topological polar surface area (TPSA) is 79.6 Å². The molecule has 0 aliphatic rings. The molecule has 136 valence electrons. The van der Waals surface area contributed by atoms with Gasteiger partial charge in [-0.05, 0) is 44.0 Å². The second-order valence-corrected chi connectivity index (χ2v) is 7.91. The fourth-order valence-electron chi connectivity index (χ4n) is 2.87. The van der Waals surface area contributed by atoms with Gasteiger partial charge >= 0.3 is 0 Å². The Morgan fingerprint density at radius 2 is 1.84 bits per heavy atom. The summed E-state index contributed by atoms with van der Waals surface area (Å²) in [6, 6.07) is 7.22. The smallest absolute Gasteiger partial charge is 0.241 e. The first-order valence-electron chi connectivity index (χ1n) is 8.04. The molecule has 0 radical (unpaired) electrons. The highest BCUT2D eigenvalue weighted by Gasteiger charge is 2.20. The number of sulfonamides is 1. The van der Waals surface area contributed by atoms with Crippen LogP contribution in [0, 0.1) is 20.8 Å². The van der Waals surface area contributed by atoms with Crippen molar-refractivity contribution in [2.24, 2.45) is 0 Å². The third-order valence-electron chi connectivity index (χ3n) is 3.90. The Morgan fingerprint density at radius 3 is 2.40 bits per heavy atom. The first-order valence-corrected chi connectivity index (χ1v) is 9.53. The lowest BCUT2D eigenvalue weighted by Gasteiger charge is -2.16. The van der Waals surface area contributed by atoms with Crippen molar-refractivity contribution < 1.29 is 17.6 Å². The molecule has 7 heteroatoms. The maximum Gasteiger partial charge on any atom is 0.241 e. The molecule has 0 saturated carbocycles. The maximum absolute atomic E-state index is 12.5. The quantitative estimate of drug-likeness (QED) is 0.819. The predicted octanol–water partition coefficient (Wildman–Crippen LogP) is 2.53.